The van der Waals surface area contributed by atoms with Crippen LogP contribution in [0, 0.1) is 0 Å². The fraction of sp³-hybridized carbons (Fsp3) is 0.0909. The second-order valence-corrected chi connectivity index (χ2v) is 7.17. The summed E-state index contributed by atoms with van der Waals surface area (Å²) in [6, 6.07) is 11.8. The smallest absolute Gasteiger partial charge is 0.402 e. The second kappa shape index (κ2) is 8.74. The van der Waals surface area contributed by atoms with Crippen LogP contribution in [0.15, 0.2) is 65.2 Å². The van der Waals surface area contributed by atoms with Gasteiger partial charge in [0.2, 0.25) is 5.58 Å². The van der Waals surface area contributed by atoms with Crippen molar-refractivity contribution in [1.29, 1.82) is 0 Å². The molecule has 0 radical (unpaired) electrons. The number of hydrogen-bond donors (Lipinski definition) is 3. The molecule has 4 N–H and O–H groups in total. The van der Waals surface area contributed by atoms with Crippen molar-refractivity contribution in [1.82, 2.24) is 5.16 Å². The van der Waals surface area contributed by atoms with Gasteiger partial charge >= 0.3 is 18.6 Å². The predicted octanol–water partition coefficient (Wildman–Crippen LogP) is 6.64. The SMILES string of the molecule is Nc1noc2c(OC(F)(F)F)ccc(-c3ccc(NC(=O)Nc4cccc(C(F)(F)F)c4)cc3)c12. The number of nitrogen functional groups attached to an aromatic ring is 1. The van der Waals surface area contributed by atoms with Crippen LogP contribution in [0.2, 0.25) is 0 Å². The Morgan fingerprint density at radius 3 is 2.26 bits per heavy atom. The zero-order chi connectivity index (χ0) is 25.4. The number of ether oxygens (including phenoxy) is 1. The van der Waals surface area contributed by atoms with Gasteiger partial charge in [0.15, 0.2) is 11.6 Å². The van der Waals surface area contributed by atoms with Gasteiger partial charge < -0.3 is 25.6 Å². The number of amides is 2. The van der Waals surface area contributed by atoms with E-state index in [1.165, 1.54) is 24.3 Å². The predicted molar refractivity (Wildman–Crippen MR) is 115 cm³/mol. The van der Waals surface area contributed by atoms with Gasteiger partial charge in [0.1, 0.15) is 0 Å². The quantitative estimate of drug-likeness (QED) is 0.275. The molecule has 0 unspecified atom stereocenters. The summed E-state index contributed by atoms with van der Waals surface area (Å²) in [6.07, 6.45) is -9.50. The van der Waals surface area contributed by atoms with Gasteiger partial charge in [-0.2, -0.15) is 13.2 Å². The molecule has 2 amide bonds. The Hall–Kier alpha value is -4.42. The Kier molecular flexibility index (Phi) is 5.92. The summed E-state index contributed by atoms with van der Waals surface area (Å²) < 4.78 is 85.3. The van der Waals surface area contributed by atoms with Crippen molar-refractivity contribution < 1.29 is 40.4 Å². The van der Waals surface area contributed by atoms with E-state index >= 15 is 0 Å². The highest BCUT2D eigenvalue weighted by Gasteiger charge is 2.33. The van der Waals surface area contributed by atoms with Gasteiger partial charge in [-0.1, -0.05) is 23.4 Å². The average Bonchev–Trinajstić information content (AvgIpc) is 3.15. The van der Waals surface area contributed by atoms with Crippen molar-refractivity contribution in [3.63, 3.8) is 0 Å². The largest absolute Gasteiger partial charge is 0.573 e. The summed E-state index contributed by atoms with van der Waals surface area (Å²) in [6.45, 7) is 0. The number of carbonyl (C=O) groups is 1. The summed E-state index contributed by atoms with van der Waals surface area (Å²) >= 11 is 0. The van der Waals surface area contributed by atoms with E-state index in [2.05, 4.69) is 20.5 Å². The summed E-state index contributed by atoms with van der Waals surface area (Å²) in [7, 11) is 0. The van der Waals surface area contributed by atoms with Gasteiger partial charge in [0.05, 0.1) is 10.9 Å². The number of benzene rings is 3. The molecule has 0 aliphatic heterocycles. The van der Waals surface area contributed by atoms with Gasteiger partial charge in [-0.3, -0.25) is 0 Å². The van der Waals surface area contributed by atoms with Crippen molar-refractivity contribution in [3.8, 4) is 16.9 Å². The maximum Gasteiger partial charge on any atom is 0.573 e. The molecule has 0 aliphatic rings. The lowest BCUT2D eigenvalue weighted by atomic mass is 10.0. The highest BCUT2D eigenvalue weighted by Crippen LogP contribution is 2.39. The number of hydrogen-bond acceptors (Lipinski definition) is 5. The van der Waals surface area contributed by atoms with Gasteiger partial charge in [0.25, 0.3) is 0 Å². The molecule has 35 heavy (non-hydrogen) atoms. The molecule has 1 heterocycles. The van der Waals surface area contributed by atoms with Gasteiger partial charge in [0, 0.05) is 11.4 Å². The molecule has 13 heteroatoms. The number of nitrogens with zero attached hydrogens (tertiary/aromatic N) is 1. The fourth-order valence-electron chi connectivity index (χ4n) is 3.29. The molecular formula is C22H14F6N4O3. The number of urea groups is 1. The first-order valence-electron chi connectivity index (χ1n) is 9.70. The summed E-state index contributed by atoms with van der Waals surface area (Å²) in [5.74, 6) is -0.754. The first kappa shape index (κ1) is 23.7. The number of alkyl halides is 6. The molecule has 0 spiro atoms. The second-order valence-electron chi connectivity index (χ2n) is 7.17. The van der Waals surface area contributed by atoms with E-state index in [4.69, 9.17) is 10.3 Å². The van der Waals surface area contributed by atoms with Crippen LogP contribution in [0.3, 0.4) is 0 Å². The third-order valence-corrected chi connectivity index (χ3v) is 4.74. The maximum absolute atomic E-state index is 12.8. The third kappa shape index (κ3) is 5.39. The summed E-state index contributed by atoms with van der Waals surface area (Å²) in [4.78, 5) is 12.2. The number of anilines is 3. The van der Waals surface area contributed by atoms with Crippen LogP contribution < -0.4 is 21.1 Å². The third-order valence-electron chi connectivity index (χ3n) is 4.74. The number of nitrogens with one attached hydrogen (secondary N) is 2. The van der Waals surface area contributed by atoms with Crippen molar-refractivity contribution in [2.45, 2.75) is 12.5 Å². The zero-order valence-corrected chi connectivity index (χ0v) is 17.3. The molecule has 0 saturated carbocycles. The van der Waals surface area contributed by atoms with Crippen LogP contribution in [-0.2, 0) is 6.18 Å². The molecule has 0 aliphatic carbocycles. The highest BCUT2D eigenvalue weighted by molar-refractivity contribution is 6.04. The molecular weight excluding hydrogens is 482 g/mol. The first-order valence-corrected chi connectivity index (χ1v) is 9.70. The standard InChI is InChI=1S/C22H14F6N4O3/c23-21(24,25)12-2-1-3-14(10-12)31-20(33)30-13-6-4-11(5-7-13)15-8-9-16(34-22(26,27)28)18-17(15)19(29)32-35-18/h1-10H,(H2,29,32)(H2,30,31,33). The molecule has 0 saturated heterocycles. The van der Waals surface area contributed by atoms with Crippen molar-refractivity contribution in [3.05, 3.63) is 66.2 Å². The van der Waals surface area contributed by atoms with Crippen molar-refractivity contribution >= 4 is 34.2 Å². The fourth-order valence-corrected chi connectivity index (χ4v) is 3.29. The number of fused-ring (bicyclic) bond motifs is 1. The first-order chi connectivity index (χ1) is 16.4. The van der Waals surface area contributed by atoms with E-state index in [1.54, 1.807) is 12.1 Å². The maximum atomic E-state index is 12.8. The Morgan fingerprint density at radius 1 is 0.914 bits per heavy atom. The molecule has 0 atom stereocenters. The monoisotopic (exact) mass is 496 g/mol. The molecule has 3 aromatic carbocycles. The zero-order valence-electron chi connectivity index (χ0n) is 17.3. The van der Waals surface area contributed by atoms with E-state index in [0.717, 1.165) is 24.3 Å². The van der Waals surface area contributed by atoms with Gasteiger partial charge in [-0.25, -0.2) is 4.79 Å². The molecule has 182 valence electrons. The van der Waals surface area contributed by atoms with Gasteiger partial charge in [-0.05, 0) is 53.6 Å². The number of rotatable bonds is 4. The number of nitrogens with two attached hydrogens (primary N) is 1. The number of carbonyl (C=O) groups excluding carboxylic acids is 1. The molecule has 4 rings (SSSR count). The molecule has 0 fully saturated rings. The molecule has 0 bridgehead atoms. The molecule has 4 aromatic rings. The normalized spacial score (nSPS) is 11.9. The minimum atomic E-state index is -4.95. The average molecular weight is 496 g/mol. The van der Waals surface area contributed by atoms with Crippen LogP contribution >= 0.6 is 0 Å². The molecule has 1 aromatic heterocycles. The van der Waals surface area contributed by atoms with Gasteiger partial charge in [-0.15, -0.1) is 13.2 Å². The molecule has 7 nitrogen and oxygen atoms in total. The van der Waals surface area contributed by atoms with Crippen LogP contribution in [0.4, 0.5) is 48.3 Å². The van der Waals surface area contributed by atoms with E-state index in [1.807, 2.05) is 0 Å². The van der Waals surface area contributed by atoms with Crippen molar-refractivity contribution in [2.75, 3.05) is 16.4 Å². The van der Waals surface area contributed by atoms with Crippen LogP contribution in [0.5, 0.6) is 5.75 Å². The Morgan fingerprint density at radius 2 is 1.60 bits per heavy atom. The Bertz CT molecular complexity index is 1380. The van der Waals surface area contributed by atoms with E-state index in [0.29, 0.717) is 16.8 Å². The topological polar surface area (TPSA) is 102 Å². The van der Waals surface area contributed by atoms with E-state index in [-0.39, 0.29) is 22.5 Å². The Labute approximate surface area is 192 Å². The summed E-state index contributed by atoms with van der Waals surface area (Å²) in [5.41, 5.74) is 5.72. The lowest BCUT2D eigenvalue weighted by Crippen LogP contribution is -2.19. The van der Waals surface area contributed by atoms with E-state index < -0.39 is 29.9 Å². The summed E-state index contributed by atoms with van der Waals surface area (Å²) in [5, 5.41) is 8.40. The number of halogens is 6. The van der Waals surface area contributed by atoms with E-state index in [9.17, 15) is 31.1 Å². The van der Waals surface area contributed by atoms with Crippen LogP contribution in [0.1, 0.15) is 5.56 Å². The van der Waals surface area contributed by atoms with Crippen molar-refractivity contribution in [2.24, 2.45) is 0 Å². The Balaban J connectivity index is 1.52. The van der Waals surface area contributed by atoms with Crippen LogP contribution in [-0.4, -0.2) is 17.6 Å². The highest BCUT2D eigenvalue weighted by atomic mass is 19.4. The van der Waals surface area contributed by atoms with Crippen LogP contribution in [0.25, 0.3) is 22.1 Å². The minimum Gasteiger partial charge on any atom is -0.402 e. The number of aromatic nitrogens is 1. The minimum absolute atomic E-state index is 0.0552. The lowest BCUT2D eigenvalue weighted by molar-refractivity contribution is -0.274. The lowest BCUT2D eigenvalue weighted by Gasteiger charge is -2.12.